The second kappa shape index (κ2) is 15.5. The number of benzene rings is 1. The molecule has 0 aromatic heterocycles. The van der Waals surface area contributed by atoms with Crippen LogP contribution in [0.15, 0.2) is 35.3 Å². The number of ether oxygens (including phenoxy) is 2. The number of guanidine groups is 1. The topological polar surface area (TPSA) is 58.1 Å². The highest BCUT2D eigenvalue weighted by Crippen LogP contribution is 2.07. The minimum absolute atomic E-state index is 0. The van der Waals surface area contributed by atoms with Gasteiger partial charge < -0.3 is 25.0 Å². The summed E-state index contributed by atoms with van der Waals surface area (Å²) in [4.78, 5) is 6.77. The molecule has 0 heterocycles. The van der Waals surface area contributed by atoms with E-state index >= 15 is 0 Å². The predicted molar refractivity (Wildman–Crippen MR) is 111 cm³/mol. The van der Waals surface area contributed by atoms with Gasteiger partial charge in [0.05, 0.1) is 19.7 Å². The first-order chi connectivity index (χ1) is 11.3. The maximum Gasteiger partial charge on any atom is 0.191 e. The van der Waals surface area contributed by atoms with Crippen LogP contribution in [0.25, 0.3) is 0 Å². The second-order valence-corrected chi connectivity index (χ2v) is 5.15. The Kier molecular flexibility index (Phi) is 14.8. The fraction of sp³-hybridized carbons (Fsp3) is 0.588. The molecule has 138 valence electrons. The number of hydrogen-bond acceptors (Lipinski definition) is 4. The number of nitrogens with one attached hydrogen (secondary N) is 2. The molecular formula is C17H31IN4O2. The van der Waals surface area contributed by atoms with Gasteiger partial charge in [-0.1, -0.05) is 18.2 Å². The molecule has 2 N–H and O–H groups in total. The number of para-hydroxylation sites is 1. The lowest BCUT2D eigenvalue weighted by molar-refractivity contribution is 0.163. The molecule has 0 bridgehead atoms. The normalized spacial score (nSPS) is 11.1. The lowest BCUT2D eigenvalue weighted by Gasteiger charge is -2.16. The van der Waals surface area contributed by atoms with E-state index in [2.05, 4.69) is 34.5 Å². The summed E-state index contributed by atoms with van der Waals surface area (Å²) in [6.07, 6.45) is 0. The molecular weight excluding hydrogens is 419 g/mol. The zero-order valence-electron chi connectivity index (χ0n) is 15.0. The van der Waals surface area contributed by atoms with Gasteiger partial charge in [0.25, 0.3) is 0 Å². The first kappa shape index (κ1) is 22.9. The van der Waals surface area contributed by atoms with Crippen LogP contribution in [-0.4, -0.2) is 71.0 Å². The van der Waals surface area contributed by atoms with Gasteiger partial charge in [-0.05, 0) is 26.1 Å². The average molecular weight is 450 g/mol. The van der Waals surface area contributed by atoms with Gasteiger partial charge in [0.15, 0.2) is 5.96 Å². The number of halogens is 1. The molecule has 0 saturated carbocycles. The molecule has 1 aromatic rings. The van der Waals surface area contributed by atoms with Crippen molar-refractivity contribution in [3.05, 3.63) is 30.3 Å². The van der Waals surface area contributed by atoms with Crippen LogP contribution in [-0.2, 0) is 4.74 Å². The van der Waals surface area contributed by atoms with Crippen molar-refractivity contribution in [2.45, 2.75) is 6.92 Å². The number of methoxy groups -OCH3 is 1. The van der Waals surface area contributed by atoms with E-state index in [-0.39, 0.29) is 24.0 Å². The maximum absolute atomic E-state index is 5.65. The Morgan fingerprint density at radius 2 is 1.88 bits per heavy atom. The first-order valence-corrected chi connectivity index (χ1v) is 8.13. The molecule has 0 fully saturated rings. The lowest BCUT2D eigenvalue weighted by Crippen LogP contribution is -2.40. The van der Waals surface area contributed by atoms with Crippen molar-refractivity contribution in [2.75, 3.05) is 60.1 Å². The van der Waals surface area contributed by atoms with Gasteiger partial charge in [0.2, 0.25) is 0 Å². The molecule has 0 saturated heterocycles. The van der Waals surface area contributed by atoms with E-state index in [0.717, 1.165) is 44.5 Å². The minimum atomic E-state index is 0. The molecule has 24 heavy (non-hydrogen) atoms. The van der Waals surface area contributed by atoms with Crippen LogP contribution in [0.1, 0.15) is 6.92 Å². The summed E-state index contributed by atoms with van der Waals surface area (Å²) < 4.78 is 10.7. The van der Waals surface area contributed by atoms with E-state index < -0.39 is 0 Å². The third-order valence-corrected chi connectivity index (χ3v) is 3.18. The molecule has 0 aliphatic heterocycles. The summed E-state index contributed by atoms with van der Waals surface area (Å²) in [5.41, 5.74) is 0. The van der Waals surface area contributed by atoms with E-state index in [4.69, 9.17) is 9.47 Å². The molecule has 0 atom stereocenters. The Balaban J connectivity index is 0.00000529. The van der Waals surface area contributed by atoms with E-state index in [0.29, 0.717) is 13.2 Å². The highest BCUT2D eigenvalue weighted by molar-refractivity contribution is 14.0. The predicted octanol–water partition coefficient (Wildman–Crippen LogP) is 1.82. The molecule has 1 rings (SSSR count). The Bertz CT molecular complexity index is 432. The summed E-state index contributed by atoms with van der Waals surface area (Å²) in [5.74, 6) is 1.71. The third-order valence-electron chi connectivity index (χ3n) is 3.18. The van der Waals surface area contributed by atoms with Crippen LogP contribution in [0.5, 0.6) is 5.75 Å². The highest BCUT2D eigenvalue weighted by Gasteiger charge is 1.99. The smallest absolute Gasteiger partial charge is 0.191 e. The molecule has 0 unspecified atom stereocenters. The van der Waals surface area contributed by atoms with Gasteiger partial charge in [-0.25, -0.2) is 0 Å². The summed E-state index contributed by atoms with van der Waals surface area (Å²) in [5, 5.41) is 6.52. The van der Waals surface area contributed by atoms with Crippen molar-refractivity contribution < 1.29 is 9.47 Å². The van der Waals surface area contributed by atoms with Gasteiger partial charge in [0, 0.05) is 26.7 Å². The van der Waals surface area contributed by atoms with Crippen LogP contribution >= 0.6 is 24.0 Å². The molecule has 7 heteroatoms. The minimum Gasteiger partial charge on any atom is -0.492 e. The number of aliphatic imine (C=N–C) groups is 1. The largest absolute Gasteiger partial charge is 0.492 e. The fourth-order valence-corrected chi connectivity index (χ4v) is 1.89. The van der Waals surface area contributed by atoms with Gasteiger partial charge in [-0.3, -0.25) is 4.99 Å². The quantitative estimate of drug-likeness (QED) is 0.233. The Hall–Kier alpha value is -1.06. The Labute approximate surface area is 163 Å². The number of nitrogens with zero attached hydrogens (tertiary/aromatic N) is 2. The van der Waals surface area contributed by atoms with E-state index in [1.165, 1.54) is 0 Å². The molecule has 6 nitrogen and oxygen atoms in total. The van der Waals surface area contributed by atoms with Crippen molar-refractivity contribution in [1.29, 1.82) is 0 Å². The third kappa shape index (κ3) is 11.5. The van der Waals surface area contributed by atoms with Gasteiger partial charge >= 0.3 is 0 Å². The molecule has 0 amide bonds. The zero-order valence-corrected chi connectivity index (χ0v) is 17.3. The van der Waals surface area contributed by atoms with Gasteiger partial charge in [-0.2, -0.15) is 0 Å². The monoisotopic (exact) mass is 450 g/mol. The SMILES string of the molecule is CCNC(=NCCN(C)CCOC)NCCOc1ccccc1.I. The van der Waals surface area contributed by atoms with Crippen LogP contribution in [0, 0.1) is 0 Å². The molecule has 0 spiro atoms. The number of rotatable bonds is 11. The Morgan fingerprint density at radius 3 is 2.54 bits per heavy atom. The average Bonchev–Trinajstić information content (AvgIpc) is 2.57. The molecule has 0 aliphatic carbocycles. The summed E-state index contributed by atoms with van der Waals surface area (Å²) in [6.45, 7) is 7.52. The van der Waals surface area contributed by atoms with Crippen LogP contribution in [0.4, 0.5) is 0 Å². The fourth-order valence-electron chi connectivity index (χ4n) is 1.89. The highest BCUT2D eigenvalue weighted by atomic mass is 127. The van der Waals surface area contributed by atoms with Crippen LogP contribution < -0.4 is 15.4 Å². The number of likely N-dealkylation sites (N-methyl/N-ethyl adjacent to an activating group) is 1. The lowest BCUT2D eigenvalue weighted by atomic mass is 10.3. The van der Waals surface area contributed by atoms with E-state index in [1.807, 2.05) is 30.3 Å². The van der Waals surface area contributed by atoms with Crippen LogP contribution in [0.3, 0.4) is 0 Å². The Morgan fingerprint density at radius 1 is 1.12 bits per heavy atom. The molecule has 1 aromatic carbocycles. The summed E-state index contributed by atoms with van der Waals surface area (Å²) in [6, 6.07) is 9.82. The molecule has 0 radical (unpaired) electrons. The summed E-state index contributed by atoms with van der Waals surface area (Å²) >= 11 is 0. The molecule has 0 aliphatic rings. The van der Waals surface area contributed by atoms with Crippen molar-refractivity contribution in [3.63, 3.8) is 0 Å². The zero-order chi connectivity index (χ0) is 16.8. The first-order valence-electron chi connectivity index (χ1n) is 8.13. The summed E-state index contributed by atoms with van der Waals surface area (Å²) in [7, 11) is 3.79. The van der Waals surface area contributed by atoms with E-state index in [9.17, 15) is 0 Å². The van der Waals surface area contributed by atoms with Gasteiger partial charge in [-0.15, -0.1) is 24.0 Å². The maximum atomic E-state index is 5.65. The second-order valence-electron chi connectivity index (χ2n) is 5.15. The van der Waals surface area contributed by atoms with Crippen molar-refractivity contribution >= 4 is 29.9 Å². The van der Waals surface area contributed by atoms with Gasteiger partial charge in [0.1, 0.15) is 12.4 Å². The van der Waals surface area contributed by atoms with Crippen molar-refractivity contribution in [2.24, 2.45) is 4.99 Å². The van der Waals surface area contributed by atoms with Crippen LogP contribution in [0.2, 0.25) is 0 Å². The van der Waals surface area contributed by atoms with E-state index in [1.54, 1.807) is 7.11 Å². The number of hydrogen-bond donors (Lipinski definition) is 2. The standard InChI is InChI=1S/C17H30N4O2.HI/c1-4-18-17(19-10-12-21(2)13-15-22-3)20-11-14-23-16-8-6-5-7-9-16;/h5-9H,4,10-15H2,1-3H3,(H2,18,19,20);1H. The van der Waals surface area contributed by atoms with Crippen molar-refractivity contribution in [1.82, 2.24) is 15.5 Å². The van der Waals surface area contributed by atoms with Crippen molar-refractivity contribution in [3.8, 4) is 5.75 Å².